The zero-order valence-electron chi connectivity index (χ0n) is 16.9. The van der Waals surface area contributed by atoms with Crippen LogP contribution in [0.5, 0.6) is 11.5 Å². The minimum atomic E-state index is -0.362. The maximum Gasteiger partial charge on any atom is 0.276 e. The van der Waals surface area contributed by atoms with Crippen LogP contribution in [0, 0.1) is 0 Å². The molecule has 1 aromatic heterocycles. The fourth-order valence-electron chi connectivity index (χ4n) is 2.88. The number of carbonyl (C=O) groups excluding carboxylic acids is 1. The highest BCUT2D eigenvalue weighted by Crippen LogP contribution is 2.30. The Bertz CT molecular complexity index is 988. The Balaban J connectivity index is 1.71. The summed E-state index contributed by atoms with van der Waals surface area (Å²) in [5.41, 5.74) is 2.94. The van der Waals surface area contributed by atoms with Gasteiger partial charge >= 0.3 is 0 Å². The fraction of sp³-hybridized carbons (Fsp3) is 0.227. The van der Waals surface area contributed by atoms with E-state index in [1.165, 1.54) is 12.7 Å². The lowest BCUT2D eigenvalue weighted by molar-refractivity contribution is 0.102. The Morgan fingerprint density at radius 1 is 0.931 bits per heavy atom. The molecule has 0 aliphatic heterocycles. The van der Waals surface area contributed by atoms with Gasteiger partial charge in [0.2, 0.25) is 0 Å². The van der Waals surface area contributed by atoms with Crippen LogP contribution in [0.25, 0.3) is 0 Å². The summed E-state index contributed by atoms with van der Waals surface area (Å²) in [6.07, 6.45) is 0. The predicted octanol–water partition coefficient (Wildman–Crippen LogP) is 4.61. The largest absolute Gasteiger partial charge is 0.493 e. The number of hydrogen-bond acceptors (Lipinski definition) is 6. The van der Waals surface area contributed by atoms with Gasteiger partial charge in [-0.15, -0.1) is 10.2 Å². The number of para-hydroxylation sites is 1. The van der Waals surface area contributed by atoms with Crippen LogP contribution in [-0.2, 0) is 0 Å². The second-order valence-corrected chi connectivity index (χ2v) is 6.69. The molecule has 0 saturated heterocycles. The predicted molar refractivity (Wildman–Crippen MR) is 113 cm³/mol. The number of carbonyl (C=O) groups is 1. The molecule has 0 spiro atoms. The third-order valence-electron chi connectivity index (χ3n) is 4.38. The molecule has 150 valence electrons. The van der Waals surface area contributed by atoms with E-state index in [2.05, 4.69) is 40.7 Å². The number of hydrogen-bond donors (Lipinski definition) is 2. The molecule has 0 unspecified atom stereocenters. The van der Waals surface area contributed by atoms with Gasteiger partial charge in [0, 0.05) is 17.4 Å². The lowest BCUT2D eigenvalue weighted by atomic mass is 10.0. The number of aromatic nitrogens is 2. The molecule has 0 bridgehead atoms. The van der Waals surface area contributed by atoms with E-state index in [0.29, 0.717) is 28.9 Å². The lowest BCUT2D eigenvalue weighted by Crippen LogP contribution is -2.14. The molecular formula is C22H24N4O3. The summed E-state index contributed by atoms with van der Waals surface area (Å²) >= 11 is 0. The Morgan fingerprint density at radius 2 is 1.69 bits per heavy atom. The van der Waals surface area contributed by atoms with Crippen molar-refractivity contribution in [3.8, 4) is 11.5 Å². The number of benzene rings is 2. The van der Waals surface area contributed by atoms with Crippen molar-refractivity contribution in [2.24, 2.45) is 0 Å². The van der Waals surface area contributed by atoms with Crippen molar-refractivity contribution < 1.29 is 14.3 Å². The van der Waals surface area contributed by atoms with Crippen molar-refractivity contribution >= 4 is 23.1 Å². The van der Waals surface area contributed by atoms with Crippen molar-refractivity contribution in [1.29, 1.82) is 0 Å². The highest BCUT2D eigenvalue weighted by Gasteiger charge is 2.12. The summed E-state index contributed by atoms with van der Waals surface area (Å²) in [7, 11) is 3.10. The summed E-state index contributed by atoms with van der Waals surface area (Å²) < 4.78 is 10.4. The third-order valence-corrected chi connectivity index (χ3v) is 4.38. The second-order valence-electron chi connectivity index (χ2n) is 6.69. The first-order chi connectivity index (χ1) is 14.0. The summed E-state index contributed by atoms with van der Waals surface area (Å²) in [5.74, 6) is 1.69. The van der Waals surface area contributed by atoms with E-state index >= 15 is 0 Å². The number of anilines is 3. The molecule has 0 aliphatic carbocycles. The molecule has 1 amide bonds. The van der Waals surface area contributed by atoms with Gasteiger partial charge in [-0.25, -0.2) is 0 Å². The van der Waals surface area contributed by atoms with E-state index in [9.17, 15) is 4.79 Å². The van der Waals surface area contributed by atoms with Crippen LogP contribution < -0.4 is 20.1 Å². The number of amides is 1. The Hall–Kier alpha value is -3.61. The van der Waals surface area contributed by atoms with Crippen LogP contribution in [-0.4, -0.2) is 30.3 Å². The van der Waals surface area contributed by atoms with Crippen molar-refractivity contribution in [2.75, 3.05) is 24.9 Å². The Kier molecular flexibility index (Phi) is 6.29. The highest BCUT2D eigenvalue weighted by molar-refractivity contribution is 6.03. The number of nitrogens with zero attached hydrogens (tertiary/aromatic N) is 2. The smallest absolute Gasteiger partial charge is 0.276 e. The standard InChI is InChI=1S/C22H24N4O3/c1-14(2)16-7-5-6-8-17(16)24-21-12-10-18(25-26-21)22(27)23-15-9-11-19(28-3)20(13-15)29-4/h5-14H,1-4H3,(H,23,27)(H,24,26). The maximum absolute atomic E-state index is 12.5. The van der Waals surface area contributed by atoms with E-state index in [4.69, 9.17) is 9.47 Å². The quantitative estimate of drug-likeness (QED) is 0.611. The molecule has 7 heteroatoms. The first-order valence-corrected chi connectivity index (χ1v) is 9.25. The van der Waals surface area contributed by atoms with E-state index in [1.807, 2.05) is 18.2 Å². The van der Waals surface area contributed by atoms with Crippen LogP contribution in [0.15, 0.2) is 54.6 Å². The van der Waals surface area contributed by atoms with Gasteiger partial charge in [0.15, 0.2) is 23.0 Å². The SMILES string of the molecule is COc1ccc(NC(=O)c2ccc(Nc3ccccc3C(C)C)nn2)cc1OC. The van der Waals surface area contributed by atoms with Gasteiger partial charge in [0.1, 0.15) is 0 Å². The molecule has 3 aromatic rings. The van der Waals surface area contributed by atoms with Gasteiger partial charge in [0.25, 0.3) is 5.91 Å². The fourth-order valence-corrected chi connectivity index (χ4v) is 2.88. The van der Waals surface area contributed by atoms with E-state index in [-0.39, 0.29) is 11.6 Å². The van der Waals surface area contributed by atoms with E-state index in [0.717, 1.165) is 5.69 Å². The molecular weight excluding hydrogens is 368 g/mol. The van der Waals surface area contributed by atoms with Gasteiger partial charge < -0.3 is 20.1 Å². The zero-order valence-corrected chi connectivity index (χ0v) is 16.9. The number of rotatable bonds is 7. The monoisotopic (exact) mass is 392 g/mol. The maximum atomic E-state index is 12.5. The van der Waals surface area contributed by atoms with Crippen molar-refractivity contribution in [3.63, 3.8) is 0 Å². The number of ether oxygens (including phenoxy) is 2. The highest BCUT2D eigenvalue weighted by atomic mass is 16.5. The lowest BCUT2D eigenvalue weighted by Gasteiger charge is -2.14. The summed E-state index contributed by atoms with van der Waals surface area (Å²) in [5, 5.41) is 14.2. The molecule has 0 atom stereocenters. The van der Waals surface area contributed by atoms with Crippen LogP contribution in [0.4, 0.5) is 17.2 Å². The van der Waals surface area contributed by atoms with Gasteiger partial charge in [-0.2, -0.15) is 0 Å². The molecule has 2 N–H and O–H groups in total. The molecule has 0 aliphatic rings. The van der Waals surface area contributed by atoms with E-state index in [1.54, 1.807) is 37.4 Å². The average Bonchev–Trinajstić information content (AvgIpc) is 2.74. The van der Waals surface area contributed by atoms with Gasteiger partial charge in [0.05, 0.1) is 14.2 Å². The molecule has 0 fully saturated rings. The van der Waals surface area contributed by atoms with E-state index < -0.39 is 0 Å². The minimum absolute atomic E-state index is 0.211. The van der Waals surface area contributed by atoms with Crippen molar-refractivity contribution in [3.05, 3.63) is 65.9 Å². The Morgan fingerprint density at radius 3 is 2.34 bits per heavy atom. The second kappa shape index (κ2) is 9.05. The Labute approximate surface area is 170 Å². The minimum Gasteiger partial charge on any atom is -0.493 e. The molecule has 29 heavy (non-hydrogen) atoms. The summed E-state index contributed by atoms with van der Waals surface area (Å²) in [6.45, 7) is 4.27. The number of methoxy groups -OCH3 is 2. The molecule has 7 nitrogen and oxygen atoms in total. The summed E-state index contributed by atoms with van der Waals surface area (Å²) in [6, 6.07) is 16.5. The normalized spacial score (nSPS) is 10.5. The topological polar surface area (TPSA) is 85.4 Å². The van der Waals surface area contributed by atoms with Gasteiger partial charge in [-0.3, -0.25) is 4.79 Å². The molecule has 2 aromatic carbocycles. The average molecular weight is 392 g/mol. The van der Waals surface area contributed by atoms with Crippen molar-refractivity contribution in [2.45, 2.75) is 19.8 Å². The van der Waals surface area contributed by atoms with Crippen LogP contribution in [0.2, 0.25) is 0 Å². The van der Waals surface area contributed by atoms with Crippen LogP contribution in [0.1, 0.15) is 35.8 Å². The summed E-state index contributed by atoms with van der Waals surface area (Å²) in [4.78, 5) is 12.5. The third kappa shape index (κ3) is 4.82. The van der Waals surface area contributed by atoms with Gasteiger partial charge in [-0.05, 0) is 41.8 Å². The molecule has 0 saturated carbocycles. The molecule has 0 radical (unpaired) electrons. The first kappa shape index (κ1) is 20.1. The molecule has 3 rings (SSSR count). The van der Waals surface area contributed by atoms with Crippen LogP contribution in [0.3, 0.4) is 0 Å². The first-order valence-electron chi connectivity index (χ1n) is 9.25. The van der Waals surface area contributed by atoms with Crippen LogP contribution >= 0.6 is 0 Å². The number of nitrogens with one attached hydrogen (secondary N) is 2. The zero-order chi connectivity index (χ0) is 20.8. The van der Waals surface area contributed by atoms with Crippen molar-refractivity contribution in [1.82, 2.24) is 10.2 Å². The van der Waals surface area contributed by atoms with Gasteiger partial charge in [-0.1, -0.05) is 32.0 Å². The molecule has 1 heterocycles.